The number of rotatable bonds is 24. The van der Waals surface area contributed by atoms with Gasteiger partial charge in [0.15, 0.2) is 0 Å². The summed E-state index contributed by atoms with van der Waals surface area (Å²) in [6, 6.07) is 0. The van der Waals surface area contributed by atoms with E-state index >= 15 is 0 Å². The van der Waals surface area contributed by atoms with E-state index < -0.39 is 0 Å². The van der Waals surface area contributed by atoms with Gasteiger partial charge >= 0.3 is 0 Å². The largest absolute Gasteiger partial charge is 0.0654 e. The lowest BCUT2D eigenvalue weighted by atomic mass is 9.91. The zero-order chi connectivity index (χ0) is 22.3. The van der Waals surface area contributed by atoms with Gasteiger partial charge < -0.3 is 0 Å². The first kappa shape index (κ1) is 30.0. The molecule has 30 heavy (non-hydrogen) atoms. The van der Waals surface area contributed by atoms with E-state index in [9.17, 15) is 0 Å². The fourth-order valence-electron chi connectivity index (χ4n) is 4.84. The van der Waals surface area contributed by atoms with Crippen molar-refractivity contribution in [3.05, 3.63) is 0 Å². The van der Waals surface area contributed by atoms with Gasteiger partial charge in [0.2, 0.25) is 0 Å². The zero-order valence-corrected chi connectivity index (χ0v) is 22.3. The summed E-state index contributed by atoms with van der Waals surface area (Å²) in [6.07, 6.45) is 32.2. The Balaban J connectivity index is 3.23. The van der Waals surface area contributed by atoms with Crippen molar-refractivity contribution in [1.82, 2.24) is 0 Å². The molecule has 0 saturated carbocycles. The summed E-state index contributed by atoms with van der Waals surface area (Å²) >= 11 is 0. The van der Waals surface area contributed by atoms with Crippen LogP contribution in [0, 0.1) is 17.8 Å². The number of unbranched alkanes of at least 4 members (excludes halogenated alkanes) is 14. The molecule has 0 saturated heterocycles. The van der Waals surface area contributed by atoms with Crippen molar-refractivity contribution in [2.75, 3.05) is 0 Å². The molecule has 2 unspecified atom stereocenters. The summed E-state index contributed by atoms with van der Waals surface area (Å²) in [5.41, 5.74) is 0. The van der Waals surface area contributed by atoms with Gasteiger partial charge in [0.25, 0.3) is 0 Å². The molecule has 0 aliphatic carbocycles. The molecule has 0 fully saturated rings. The Hall–Kier alpha value is 0. The van der Waals surface area contributed by atoms with E-state index in [2.05, 4.69) is 34.6 Å². The predicted molar refractivity (Wildman–Crippen MR) is 140 cm³/mol. The summed E-state index contributed by atoms with van der Waals surface area (Å²) < 4.78 is 0. The minimum absolute atomic E-state index is 0.882. The molecule has 0 spiro atoms. The predicted octanol–water partition coefficient (Wildman–Crippen LogP) is 11.5. The van der Waals surface area contributed by atoms with Crippen molar-refractivity contribution < 1.29 is 0 Å². The van der Waals surface area contributed by atoms with Gasteiger partial charge in [-0.15, -0.1) is 0 Å². The first-order chi connectivity index (χ1) is 14.6. The van der Waals surface area contributed by atoms with Crippen LogP contribution in [0.15, 0.2) is 0 Å². The van der Waals surface area contributed by atoms with E-state index in [1.54, 1.807) is 0 Å². The summed E-state index contributed by atoms with van der Waals surface area (Å²) in [5.74, 6) is 2.78. The fourth-order valence-corrected chi connectivity index (χ4v) is 4.84. The van der Waals surface area contributed by atoms with Crippen molar-refractivity contribution >= 4 is 0 Å². The second-order valence-electron chi connectivity index (χ2n) is 11.2. The van der Waals surface area contributed by atoms with E-state index in [0.717, 1.165) is 17.8 Å². The SMILES string of the molecule is CCCCCCCCCCCCCCCCCC(C)CCCC(C)CCCC(C)C. The Morgan fingerprint density at radius 2 is 0.633 bits per heavy atom. The standard InChI is InChI=1S/C30H62/c1-6-7-8-9-10-11-12-13-14-15-16-17-18-19-20-24-29(4)26-22-27-30(5)25-21-23-28(2)3/h28-30H,6-27H2,1-5H3. The molecule has 0 bridgehead atoms. The van der Waals surface area contributed by atoms with Crippen molar-refractivity contribution in [2.45, 2.75) is 176 Å². The van der Waals surface area contributed by atoms with Crippen molar-refractivity contribution in [3.63, 3.8) is 0 Å². The average molecular weight is 423 g/mol. The van der Waals surface area contributed by atoms with E-state index in [1.807, 2.05) is 0 Å². The van der Waals surface area contributed by atoms with Crippen LogP contribution in [0.5, 0.6) is 0 Å². The van der Waals surface area contributed by atoms with Crippen LogP contribution in [-0.2, 0) is 0 Å². The Morgan fingerprint density at radius 1 is 0.333 bits per heavy atom. The molecule has 0 amide bonds. The maximum atomic E-state index is 2.49. The Kier molecular flexibility index (Phi) is 23.7. The number of hydrogen-bond donors (Lipinski definition) is 0. The molecular weight excluding hydrogens is 360 g/mol. The van der Waals surface area contributed by atoms with E-state index in [4.69, 9.17) is 0 Å². The molecule has 0 aromatic heterocycles. The highest BCUT2D eigenvalue weighted by molar-refractivity contribution is 4.60. The van der Waals surface area contributed by atoms with Gasteiger partial charge in [0.1, 0.15) is 0 Å². The van der Waals surface area contributed by atoms with Crippen LogP contribution in [0.3, 0.4) is 0 Å². The second kappa shape index (κ2) is 23.7. The smallest absolute Gasteiger partial charge is 0.0443 e. The van der Waals surface area contributed by atoms with Crippen molar-refractivity contribution in [3.8, 4) is 0 Å². The van der Waals surface area contributed by atoms with Gasteiger partial charge in [0, 0.05) is 0 Å². The lowest BCUT2D eigenvalue weighted by molar-refractivity contribution is 0.385. The minimum Gasteiger partial charge on any atom is -0.0654 e. The molecular formula is C30H62. The lowest BCUT2D eigenvalue weighted by Gasteiger charge is -2.15. The van der Waals surface area contributed by atoms with E-state index in [1.165, 1.54) is 141 Å². The molecule has 0 aromatic carbocycles. The van der Waals surface area contributed by atoms with Crippen LogP contribution < -0.4 is 0 Å². The van der Waals surface area contributed by atoms with Gasteiger partial charge in [-0.05, 0) is 17.8 Å². The Morgan fingerprint density at radius 3 is 1.00 bits per heavy atom. The van der Waals surface area contributed by atoms with Gasteiger partial charge in [-0.1, -0.05) is 176 Å². The monoisotopic (exact) mass is 422 g/mol. The third-order valence-corrected chi connectivity index (χ3v) is 7.17. The molecule has 0 rings (SSSR count). The molecule has 2 atom stereocenters. The highest BCUT2D eigenvalue weighted by Gasteiger charge is 2.06. The van der Waals surface area contributed by atoms with Crippen LogP contribution >= 0.6 is 0 Å². The highest BCUT2D eigenvalue weighted by atomic mass is 14.1. The van der Waals surface area contributed by atoms with Gasteiger partial charge in [-0.25, -0.2) is 0 Å². The fraction of sp³-hybridized carbons (Fsp3) is 1.00. The molecule has 0 N–H and O–H groups in total. The topological polar surface area (TPSA) is 0 Å². The van der Waals surface area contributed by atoms with Gasteiger partial charge in [-0.2, -0.15) is 0 Å². The average Bonchev–Trinajstić information content (AvgIpc) is 2.70. The normalized spacial score (nSPS) is 13.8. The van der Waals surface area contributed by atoms with Crippen LogP contribution in [0.2, 0.25) is 0 Å². The maximum Gasteiger partial charge on any atom is -0.0443 e. The molecule has 0 nitrogen and oxygen atoms in total. The molecule has 0 aromatic rings. The summed E-state index contributed by atoms with van der Waals surface area (Å²) in [4.78, 5) is 0. The molecule has 182 valence electrons. The van der Waals surface area contributed by atoms with E-state index in [0.29, 0.717) is 0 Å². The molecule has 0 radical (unpaired) electrons. The summed E-state index contributed by atoms with van der Waals surface area (Å²) in [5, 5.41) is 0. The zero-order valence-electron chi connectivity index (χ0n) is 22.3. The highest BCUT2D eigenvalue weighted by Crippen LogP contribution is 2.22. The summed E-state index contributed by atoms with van der Waals surface area (Å²) in [6.45, 7) is 12.0. The first-order valence-corrected chi connectivity index (χ1v) is 14.6. The van der Waals surface area contributed by atoms with Crippen LogP contribution in [0.1, 0.15) is 176 Å². The Labute approximate surface area is 193 Å². The minimum atomic E-state index is 0.882. The van der Waals surface area contributed by atoms with Crippen LogP contribution in [-0.4, -0.2) is 0 Å². The van der Waals surface area contributed by atoms with Gasteiger partial charge in [0.05, 0.1) is 0 Å². The third kappa shape index (κ3) is 24.3. The molecule has 0 aliphatic heterocycles. The van der Waals surface area contributed by atoms with E-state index in [-0.39, 0.29) is 0 Å². The van der Waals surface area contributed by atoms with Crippen LogP contribution in [0.25, 0.3) is 0 Å². The second-order valence-corrected chi connectivity index (χ2v) is 11.2. The maximum absolute atomic E-state index is 2.49. The lowest BCUT2D eigenvalue weighted by Crippen LogP contribution is -2.00. The summed E-state index contributed by atoms with van der Waals surface area (Å²) in [7, 11) is 0. The first-order valence-electron chi connectivity index (χ1n) is 14.6. The van der Waals surface area contributed by atoms with Crippen molar-refractivity contribution in [1.29, 1.82) is 0 Å². The number of hydrogen-bond acceptors (Lipinski definition) is 0. The molecule has 0 heteroatoms. The Bertz CT molecular complexity index is 305. The third-order valence-electron chi connectivity index (χ3n) is 7.17. The van der Waals surface area contributed by atoms with Gasteiger partial charge in [-0.3, -0.25) is 0 Å². The molecule has 0 heterocycles. The van der Waals surface area contributed by atoms with Crippen LogP contribution in [0.4, 0.5) is 0 Å². The molecule has 0 aliphatic rings. The quantitative estimate of drug-likeness (QED) is 0.136. The van der Waals surface area contributed by atoms with Crippen molar-refractivity contribution in [2.24, 2.45) is 17.8 Å².